The van der Waals surface area contributed by atoms with Gasteiger partial charge in [0.05, 0.1) is 12.3 Å². The van der Waals surface area contributed by atoms with Crippen molar-refractivity contribution in [2.24, 2.45) is 0 Å². The number of hydrogen-bond donors (Lipinski definition) is 2. The number of nitrogens with one attached hydrogen (secondary N) is 1. The SMILES string of the molecule is O=C(COCc1ccccc1)Nc1ccccc1O. The average Bonchev–Trinajstić information content (AvgIpc) is 2.43. The van der Waals surface area contributed by atoms with Crippen molar-refractivity contribution in [3.8, 4) is 5.75 Å². The Balaban J connectivity index is 1.78. The van der Waals surface area contributed by atoms with Crippen LogP contribution in [-0.2, 0) is 16.1 Å². The standard InChI is InChI=1S/C15H15NO3/c17-14-9-5-4-8-13(14)16-15(18)11-19-10-12-6-2-1-3-7-12/h1-9,17H,10-11H2,(H,16,18). The van der Waals surface area contributed by atoms with Crippen molar-refractivity contribution in [2.75, 3.05) is 11.9 Å². The quantitative estimate of drug-likeness (QED) is 0.809. The summed E-state index contributed by atoms with van der Waals surface area (Å²) in [6.45, 7) is 0.332. The fraction of sp³-hybridized carbons (Fsp3) is 0.133. The maximum atomic E-state index is 11.6. The molecule has 0 saturated heterocycles. The fourth-order valence-corrected chi connectivity index (χ4v) is 1.60. The van der Waals surface area contributed by atoms with Gasteiger partial charge in [0.1, 0.15) is 12.4 Å². The zero-order valence-electron chi connectivity index (χ0n) is 10.4. The van der Waals surface area contributed by atoms with Gasteiger partial charge in [0.15, 0.2) is 0 Å². The summed E-state index contributed by atoms with van der Waals surface area (Å²) in [4.78, 5) is 11.6. The third-order valence-electron chi connectivity index (χ3n) is 2.52. The lowest BCUT2D eigenvalue weighted by molar-refractivity contribution is -0.121. The summed E-state index contributed by atoms with van der Waals surface area (Å²) in [5.74, 6) is -0.253. The molecule has 0 atom stereocenters. The molecule has 0 unspecified atom stereocenters. The van der Waals surface area contributed by atoms with Gasteiger partial charge in [0, 0.05) is 0 Å². The fourth-order valence-electron chi connectivity index (χ4n) is 1.60. The summed E-state index contributed by atoms with van der Waals surface area (Å²) in [6.07, 6.45) is 0. The lowest BCUT2D eigenvalue weighted by atomic mass is 10.2. The summed E-state index contributed by atoms with van der Waals surface area (Å²) >= 11 is 0. The summed E-state index contributed by atoms with van der Waals surface area (Å²) in [5, 5.41) is 12.1. The normalized spacial score (nSPS) is 10.1. The minimum atomic E-state index is -0.294. The van der Waals surface area contributed by atoms with E-state index in [1.165, 1.54) is 6.07 Å². The Hall–Kier alpha value is -2.33. The van der Waals surface area contributed by atoms with Crippen molar-refractivity contribution >= 4 is 11.6 Å². The first-order valence-electron chi connectivity index (χ1n) is 5.95. The van der Waals surface area contributed by atoms with Crippen LogP contribution in [0.2, 0.25) is 0 Å². The number of ether oxygens (including phenoxy) is 1. The maximum Gasteiger partial charge on any atom is 0.250 e. The van der Waals surface area contributed by atoms with Crippen LogP contribution in [0, 0.1) is 0 Å². The van der Waals surface area contributed by atoms with Crippen molar-refractivity contribution < 1.29 is 14.6 Å². The first-order valence-corrected chi connectivity index (χ1v) is 5.95. The van der Waals surface area contributed by atoms with E-state index < -0.39 is 0 Å². The third kappa shape index (κ3) is 4.12. The number of carbonyl (C=O) groups is 1. The molecule has 2 N–H and O–H groups in total. The van der Waals surface area contributed by atoms with E-state index >= 15 is 0 Å². The zero-order valence-corrected chi connectivity index (χ0v) is 10.4. The van der Waals surface area contributed by atoms with Gasteiger partial charge in [-0.3, -0.25) is 4.79 Å². The molecule has 0 radical (unpaired) electrons. The molecule has 0 bridgehead atoms. The predicted molar refractivity (Wildman–Crippen MR) is 72.8 cm³/mol. The molecule has 4 heteroatoms. The second kappa shape index (κ2) is 6.56. The Morgan fingerprint density at radius 1 is 1.05 bits per heavy atom. The van der Waals surface area contributed by atoms with Gasteiger partial charge in [-0.25, -0.2) is 0 Å². The molecule has 4 nitrogen and oxygen atoms in total. The van der Waals surface area contributed by atoms with Crippen LogP contribution in [-0.4, -0.2) is 17.6 Å². The highest BCUT2D eigenvalue weighted by Crippen LogP contribution is 2.21. The average molecular weight is 257 g/mol. The van der Waals surface area contributed by atoms with Crippen molar-refractivity contribution in [3.05, 3.63) is 60.2 Å². The van der Waals surface area contributed by atoms with Crippen molar-refractivity contribution in [2.45, 2.75) is 6.61 Å². The molecule has 0 saturated carbocycles. The van der Waals surface area contributed by atoms with Crippen LogP contribution in [0.15, 0.2) is 54.6 Å². The number of anilines is 1. The van der Waals surface area contributed by atoms with E-state index in [1.54, 1.807) is 18.2 Å². The summed E-state index contributed by atoms with van der Waals surface area (Å²) < 4.78 is 5.30. The van der Waals surface area contributed by atoms with Gasteiger partial charge in [-0.2, -0.15) is 0 Å². The summed E-state index contributed by atoms with van der Waals surface area (Å²) in [7, 11) is 0. The highest BCUT2D eigenvalue weighted by atomic mass is 16.5. The molecule has 98 valence electrons. The lowest BCUT2D eigenvalue weighted by Crippen LogP contribution is -2.18. The second-order valence-corrected chi connectivity index (χ2v) is 4.04. The molecule has 0 fully saturated rings. The number of aromatic hydroxyl groups is 1. The predicted octanol–water partition coefficient (Wildman–Crippen LogP) is 2.55. The van der Waals surface area contributed by atoms with Gasteiger partial charge in [-0.15, -0.1) is 0 Å². The van der Waals surface area contributed by atoms with Crippen molar-refractivity contribution in [1.82, 2.24) is 0 Å². The van der Waals surface area contributed by atoms with Crippen LogP contribution in [0.3, 0.4) is 0 Å². The largest absolute Gasteiger partial charge is 0.506 e. The number of phenols is 1. The molecule has 0 aliphatic rings. The van der Waals surface area contributed by atoms with E-state index in [0.29, 0.717) is 12.3 Å². The van der Waals surface area contributed by atoms with Gasteiger partial charge in [0.25, 0.3) is 0 Å². The van der Waals surface area contributed by atoms with Gasteiger partial charge in [0.2, 0.25) is 5.91 Å². The molecule has 2 aromatic rings. The van der Waals surface area contributed by atoms with E-state index in [0.717, 1.165) is 5.56 Å². The van der Waals surface area contributed by atoms with Gasteiger partial charge in [-0.05, 0) is 17.7 Å². The Kier molecular flexibility index (Phi) is 4.53. The zero-order chi connectivity index (χ0) is 13.5. The number of benzene rings is 2. The molecule has 2 aromatic carbocycles. The number of phenolic OH excluding ortho intramolecular Hbond substituents is 1. The first kappa shape index (κ1) is 13.1. The molecule has 0 heterocycles. The maximum absolute atomic E-state index is 11.6. The molecule has 1 amide bonds. The Morgan fingerprint density at radius 2 is 1.74 bits per heavy atom. The lowest BCUT2D eigenvalue weighted by Gasteiger charge is -2.07. The number of rotatable bonds is 5. The first-order chi connectivity index (χ1) is 9.25. The van der Waals surface area contributed by atoms with E-state index in [1.807, 2.05) is 30.3 Å². The van der Waals surface area contributed by atoms with Crippen LogP contribution >= 0.6 is 0 Å². The second-order valence-electron chi connectivity index (χ2n) is 4.04. The highest BCUT2D eigenvalue weighted by molar-refractivity contribution is 5.93. The van der Waals surface area contributed by atoms with E-state index in [9.17, 15) is 9.90 Å². The molecular formula is C15H15NO3. The molecule has 0 spiro atoms. The van der Waals surface area contributed by atoms with Crippen LogP contribution in [0.4, 0.5) is 5.69 Å². The number of para-hydroxylation sites is 2. The monoisotopic (exact) mass is 257 g/mol. The highest BCUT2D eigenvalue weighted by Gasteiger charge is 2.05. The van der Waals surface area contributed by atoms with Crippen molar-refractivity contribution in [1.29, 1.82) is 0 Å². The third-order valence-corrected chi connectivity index (χ3v) is 2.52. The van der Waals surface area contributed by atoms with E-state index in [2.05, 4.69) is 5.32 Å². The molecule has 0 aromatic heterocycles. The number of carbonyl (C=O) groups excluding carboxylic acids is 1. The minimum absolute atomic E-state index is 0.0407. The van der Waals surface area contributed by atoms with Crippen LogP contribution in [0.1, 0.15) is 5.56 Å². The van der Waals surface area contributed by atoms with Gasteiger partial charge < -0.3 is 15.2 Å². The van der Waals surface area contributed by atoms with Gasteiger partial charge in [-0.1, -0.05) is 42.5 Å². The molecule has 2 rings (SSSR count). The molecular weight excluding hydrogens is 242 g/mol. The topological polar surface area (TPSA) is 58.6 Å². The van der Waals surface area contributed by atoms with Crippen molar-refractivity contribution in [3.63, 3.8) is 0 Å². The molecule has 0 aliphatic carbocycles. The Labute approximate surface area is 111 Å². The van der Waals surface area contributed by atoms with Gasteiger partial charge >= 0.3 is 0 Å². The van der Waals surface area contributed by atoms with E-state index in [-0.39, 0.29) is 18.3 Å². The summed E-state index contributed by atoms with van der Waals surface area (Å²) in [6, 6.07) is 16.2. The number of amides is 1. The Morgan fingerprint density at radius 3 is 2.47 bits per heavy atom. The molecule has 19 heavy (non-hydrogen) atoms. The van der Waals surface area contributed by atoms with Crippen LogP contribution in [0.25, 0.3) is 0 Å². The summed E-state index contributed by atoms with van der Waals surface area (Å²) in [5.41, 5.74) is 1.40. The Bertz CT molecular complexity index is 540. The number of hydrogen-bond acceptors (Lipinski definition) is 3. The van der Waals surface area contributed by atoms with Crippen LogP contribution < -0.4 is 5.32 Å². The molecule has 0 aliphatic heterocycles. The minimum Gasteiger partial charge on any atom is -0.506 e. The smallest absolute Gasteiger partial charge is 0.250 e. The van der Waals surface area contributed by atoms with E-state index in [4.69, 9.17) is 4.74 Å². The van der Waals surface area contributed by atoms with Crippen LogP contribution in [0.5, 0.6) is 5.75 Å².